The molecule has 0 radical (unpaired) electrons. The van der Waals surface area contributed by atoms with Crippen LogP contribution in [0.15, 0.2) is 54.6 Å². The van der Waals surface area contributed by atoms with Gasteiger partial charge in [-0.05, 0) is 79.4 Å². The number of benzene rings is 2. The number of ether oxygens (including phenoxy) is 1. The zero-order valence-corrected chi connectivity index (χ0v) is 22.6. The molecule has 1 saturated carbocycles. The van der Waals surface area contributed by atoms with E-state index >= 15 is 0 Å². The fourth-order valence-corrected chi connectivity index (χ4v) is 5.70. The van der Waals surface area contributed by atoms with Gasteiger partial charge < -0.3 is 15.0 Å². The number of hydrogen-bond acceptors (Lipinski definition) is 6. The van der Waals surface area contributed by atoms with E-state index in [9.17, 15) is 18.0 Å². The Morgan fingerprint density at radius 1 is 1.00 bits per heavy atom. The molecule has 0 aliphatic heterocycles. The maximum absolute atomic E-state index is 13.2. The lowest BCUT2D eigenvalue weighted by molar-refractivity contribution is -0.137. The number of rotatable bonds is 7. The monoisotopic (exact) mass is 561 g/mol. The number of aromatic nitrogens is 4. The molecule has 2 N–H and O–H groups in total. The minimum Gasteiger partial charge on any atom is -0.456 e. The van der Waals surface area contributed by atoms with Crippen LogP contribution in [0.5, 0.6) is 0 Å². The molecule has 2 aliphatic rings. The predicted octanol–water partition coefficient (Wildman–Crippen LogP) is 6.92. The van der Waals surface area contributed by atoms with E-state index < -0.39 is 17.7 Å². The van der Waals surface area contributed by atoms with Crippen molar-refractivity contribution in [2.24, 2.45) is 5.92 Å². The van der Waals surface area contributed by atoms with Crippen LogP contribution in [-0.2, 0) is 17.5 Å². The molecule has 2 aromatic heterocycles. The van der Waals surface area contributed by atoms with Gasteiger partial charge >= 0.3 is 12.1 Å². The van der Waals surface area contributed by atoms with Crippen LogP contribution in [0.3, 0.4) is 0 Å². The van der Waals surface area contributed by atoms with Crippen LogP contribution >= 0.6 is 0 Å². The van der Waals surface area contributed by atoms with Gasteiger partial charge in [-0.3, -0.25) is 0 Å². The SMILES string of the molecule is CC(OC(=O)c1nc(N)c2c(n1)nc(C1=C(c3ccccc3)CCC1)n2Cc1ccc(C(F)(F)F)cc1)C1CCC1. The first-order chi connectivity index (χ1) is 19.7. The fraction of sp³-hybridized carbons (Fsp3) is 0.355. The quantitative estimate of drug-likeness (QED) is 0.246. The van der Waals surface area contributed by atoms with Crippen LogP contribution < -0.4 is 5.73 Å². The first kappa shape index (κ1) is 27.0. The number of esters is 1. The smallest absolute Gasteiger partial charge is 0.416 e. The summed E-state index contributed by atoms with van der Waals surface area (Å²) in [5.74, 6) is 0.201. The summed E-state index contributed by atoms with van der Waals surface area (Å²) < 4.78 is 47.1. The molecule has 4 aromatic rings. The lowest BCUT2D eigenvalue weighted by atomic mass is 9.82. The molecule has 41 heavy (non-hydrogen) atoms. The Morgan fingerprint density at radius 2 is 1.71 bits per heavy atom. The molecule has 7 nitrogen and oxygen atoms in total. The van der Waals surface area contributed by atoms with Gasteiger partial charge in [0.05, 0.1) is 5.56 Å². The predicted molar refractivity (Wildman–Crippen MR) is 150 cm³/mol. The van der Waals surface area contributed by atoms with Crippen molar-refractivity contribution in [1.29, 1.82) is 0 Å². The van der Waals surface area contributed by atoms with Crippen molar-refractivity contribution in [3.05, 3.63) is 82.9 Å². The van der Waals surface area contributed by atoms with Crippen molar-refractivity contribution in [3.8, 4) is 0 Å². The van der Waals surface area contributed by atoms with Gasteiger partial charge in [-0.15, -0.1) is 0 Å². The highest BCUT2D eigenvalue weighted by Gasteiger charge is 2.31. The molecule has 2 aliphatic carbocycles. The number of alkyl halides is 3. The molecule has 0 spiro atoms. The lowest BCUT2D eigenvalue weighted by Crippen LogP contribution is -2.29. The Labute approximate surface area is 235 Å². The second-order valence-corrected chi connectivity index (χ2v) is 10.8. The number of fused-ring (bicyclic) bond motifs is 1. The number of carbonyl (C=O) groups excluding carboxylic acids is 1. The number of halogens is 3. The number of nitrogens with zero attached hydrogens (tertiary/aromatic N) is 4. The highest BCUT2D eigenvalue weighted by Crippen LogP contribution is 2.41. The summed E-state index contributed by atoms with van der Waals surface area (Å²) in [5, 5.41) is 0. The van der Waals surface area contributed by atoms with Crippen LogP contribution in [0.2, 0.25) is 0 Å². The minimum atomic E-state index is -4.43. The van der Waals surface area contributed by atoms with Gasteiger partial charge in [0.15, 0.2) is 11.5 Å². The number of imidazole rings is 1. The van der Waals surface area contributed by atoms with E-state index in [1.54, 1.807) is 0 Å². The largest absolute Gasteiger partial charge is 0.456 e. The van der Waals surface area contributed by atoms with Gasteiger partial charge in [-0.1, -0.05) is 48.9 Å². The molecule has 6 rings (SSSR count). The second-order valence-electron chi connectivity index (χ2n) is 10.8. The Kier molecular flexibility index (Phi) is 7.01. The molecule has 2 heterocycles. The summed E-state index contributed by atoms with van der Waals surface area (Å²) >= 11 is 0. The minimum absolute atomic E-state index is 0.0590. The third-order valence-electron chi connectivity index (χ3n) is 8.15. The number of hydrogen-bond donors (Lipinski definition) is 1. The Balaban J connectivity index is 1.44. The summed E-state index contributed by atoms with van der Waals surface area (Å²) in [6, 6.07) is 15.1. The summed E-state index contributed by atoms with van der Waals surface area (Å²) in [6.07, 6.45) is 1.05. The zero-order valence-electron chi connectivity index (χ0n) is 22.6. The number of nitrogens with two attached hydrogens (primary N) is 1. The van der Waals surface area contributed by atoms with Crippen LogP contribution in [0.4, 0.5) is 19.0 Å². The number of carbonyl (C=O) groups is 1. The van der Waals surface area contributed by atoms with E-state index in [-0.39, 0.29) is 29.9 Å². The summed E-state index contributed by atoms with van der Waals surface area (Å²) in [7, 11) is 0. The van der Waals surface area contributed by atoms with Gasteiger partial charge in [0.1, 0.15) is 17.4 Å². The molecule has 0 amide bonds. The molecule has 0 saturated heterocycles. The third-order valence-corrected chi connectivity index (χ3v) is 8.15. The van der Waals surface area contributed by atoms with E-state index in [4.69, 9.17) is 15.5 Å². The Morgan fingerprint density at radius 3 is 2.37 bits per heavy atom. The fourth-order valence-electron chi connectivity index (χ4n) is 5.70. The van der Waals surface area contributed by atoms with Gasteiger partial charge in [-0.2, -0.15) is 13.2 Å². The van der Waals surface area contributed by atoms with E-state index in [2.05, 4.69) is 22.1 Å². The molecular weight excluding hydrogens is 531 g/mol. The molecule has 1 fully saturated rings. The molecular formula is C31H30F3N5O2. The maximum atomic E-state index is 13.2. The van der Waals surface area contributed by atoms with Crippen LogP contribution in [0.25, 0.3) is 22.3 Å². The average molecular weight is 562 g/mol. The standard InChI is InChI=1S/C31H30F3N5O2/c1-18(20-9-5-10-20)41-30(40)28-36-26(35)25-27(37-28)38-29(24-12-6-11-23(24)21-7-3-2-4-8-21)39(25)17-19-13-15-22(16-14-19)31(32,33)34/h2-4,7-8,13-16,18,20H,5-6,9-12,17H2,1H3,(H2,35,36,37). The molecule has 1 atom stereocenters. The van der Waals surface area contributed by atoms with Crippen molar-refractivity contribution >= 4 is 34.1 Å². The van der Waals surface area contributed by atoms with E-state index in [0.717, 1.165) is 67.4 Å². The van der Waals surface area contributed by atoms with Crippen LogP contribution in [0, 0.1) is 5.92 Å². The second kappa shape index (κ2) is 10.6. The van der Waals surface area contributed by atoms with Crippen molar-refractivity contribution in [3.63, 3.8) is 0 Å². The maximum Gasteiger partial charge on any atom is 0.416 e. The van der Waals surface area contributed by atoms with E-state index in [0.29, 0.717) is 22.8 Å². The summed E-state index contributed by atoms with van der Waals surface area (Å²) in [6.45, 7) is 2.07. The Hall–Kier alpha value is -4.21. The van der Waals surface area contributed by atoms with Gasteiger partial charge in [0, 0.05) is 6.54 Å². The van der Waals surface area contributed by atoms with E-state index in [1.165, 1.54) is 12.1 Å². The topological polar surface area (TPSA) is 95.9 Å². The lowest BCUT2D eigenvalue weighted by Gasteiger charge is -2.30. The number of allylic oxidation sites excluding steroid dienone is 2. The summed E-state index contributed by atoms with van der Waals surface area (Å²) in [4.78, 5) is 26.6. The van der Waals surface area contributed by atoms with Crippen molar-refractivity contribution in [2.75, 3.05) is 5.73 Å². The molecule has 2 aromatic carbocycles. The first-order valence-electron chi connectivity index (χ1n) is 13.9. The van der Waals surface area contributed by atoms with Crippen LogP contribution in [-0.4, -0.2) is 31.6 Å². The highest BCUT2D eigenvalue weighted by molar-refractivity contribution is 5.96. The highest BCUT2D eigenvalue weighted by atomic mass is 19.4. The Bertz CT molecular complexity index is 1620. The van der Waals surface area contributed by atoms with Crippen molar-refractivity contribution in [2.45, 2.75) is 64.3 Å². The zero-order chi connectivity index (χ0) is 28.7. The first-order valence-corrected chi connectivity index (χ1v) is 13.9. The van der Waals surface area contributed by atoms with Crippen LogP contribution in [0.1, 0.15) is 78.6 Å². The van der Waals surface area contributed by atoms with E-state index in [1.807, 2.05) is 29.7 Å². The average Bonchev–Trinajstić information content (AvgIpc) is 3.53. The normalized spacial score (nSPS) is 16.7. The number of anilines is 1. The van der Waals surface area contributed by atoms with Crippen molar-refractivity contribution in [1.82, 2.24) is 19.5 Å². The van der Waals surface area contributed by atoms with Gasteiger partial charge in [0.2, 0.25) is 5.82 Å². The molecule has 212 valence electrons. The molecule has 1 unspecified atom stereocenters. The molecule has 0 bridgehead atoms. The molecule has 10 heteroatoms. The summed E-state index contributed by atoms with van der Waals surface area (Å²) in [5.41, 5.74) is 10.3. The third kappa shape index (κ3) is 5.30. The van der Waals surface area contributed by atoms with Gasteiger partial charge in [0.25, 0.3) is 0 Å². The van der Waals surface area contributed by atoms with Gasteiger partial charge in [-0.25, -0.2) is 19.7 Å². The van der Waals surface area contributed by atoms with Crippen molar-refractivity contribution < 1.29 is 22.7 Å². The number of nitrogen functional groups attached to an aromatic ring is 1.